The SMILES string of the molecule is CC(Br)CNS(=O)(=O)c1ccc(Cl)c(Br)c1. The van der Waals surface area contributed by atoms with Crippen LogP contribution in [0, 0.1) is 0 Å². The van der Waals surface area contributed by atoms with Crippen molar-refractivity contribution in [1.82, 2.24) is 4.72 Å². The van der Waals surface area contributed by atoms with Gasteiger partial charge in [0.2, 0.25) is 10.0 Å². The third-order valence-electron chi connectivity index (χ3n) is 1.76. The molecule has 0 saturated carbocycles. The Balaban J connectivity index is 2.94. The van der Waals surface area contributed by atoms with Crippen LogP contribution in [0.15, 0.2) is 27.6 Å². The Kier molecular flexibility index (Phi) is 5.25. The lowest BCUT2D eigenvalue weighted by atomic mass is 10.4. The monoisotopic (exact) mass is 389 g/mol. The molecule has 0 amide bonds. The van der Waals surface area contributed by atoms with Gasteiger partial charge in [0.25, 0.3) is 0 Å². The molecule has 0 radical (unpaired) electrons. The van der Waals surface area contributed by atoms with Gasteiger partial charge in [-0.15, -0.1) is 0 Å². The van der Waals surface area contributed by atoms with Gasteiger partial charge < -0.3 is 0 Å². The van der Waals surface area contributed by atoms with E-state index in [9.17, 15) is 8.42 Å². The van der Waals surface area contributed by atoms with Crippen LogP contribution in [0.4, 0.5) is 0 Å². The minimum atomic E-state index is -3.46. The van der Waals surface area contributed by atoms with Crippen molar-refractivity contribution in [2.24, 2.45) is 0 Å². The van der Waals surface area contributed by atoms with E-state index in [4.69, 9.17) is 11.6 Å². The zero-order chi connectivity index (χ0) is 12.3. The van der Waals surface area contributed by atoms with Crippen LogP contribution in [0.25, 0.3) is 0 Å². The predicted octanol–water partition coefficient (Wildman–Crippen LogP) is 3.16. The average Bonchev–Trinajstić information content (AvgIpc) is 2.19. The largest absolute Gasteiger partial charge is 0.240 e. The van der Waals surface area contributed by atoms with Gasteiger partial charge in [0, 0.05) is 15.8 Å². The van der Waals surface area contributed by atoms with E-state index in [0.717, 1.165) is 0 Å². The summed E-state index contributed by atoms with van der Waals surface area (Å²) in [7, 11) is -3.46. The highest BCUT2D eigenvalue weighted by Crippen LogP contribution is 2.25. The second-order valence-electron chi connectivity index (χ2n) is 3.21. The summed E-state index contributed by atoms with van der Waals surface area (Å²) in [6.45, 7) is 2.20. The summed E-state index contributed by atoms with van der Waals surface area (Å²) in [5.74, 6) is 0. The molecule has 1 aromatic carbocycles. The van der Waals surface area contributed by atoms with E-state index in [1.807, 2.05) is 6.92 Å². The quantitative estimate of drug-likeness (QED) is 0.802. The van der Waals surface area contributed by atoms with Gasteiger partial charge in [0.15, 0.2) is 0 Å². The van der Waals surface area contributed by atoms with Crippen molar-refractivity contribution >= 4 is 53.5 Å². The number of halogens is 3. The molecular weight excluding hydrogens is 381 g/mol. The van der Waals surface area contributed by atoms with E-state index in [1.165, 1.54) is 18.2 Å². The highest BCUT2D eigenvalue weighted by atomic mass is 79.9. The Labute approximate surface area is 117 Å². The lowest BCUT2D eigenvalue weighted by molar-refractivity contribution is 0.581. The smallest absolute Gasteiger partial charge is 0.210 e. The van der Waals surface area contributed by atoms with Crippen LogP contribution >= 0.6 is 43.5 Å². The summed E-state index contributed by atoms with van der Waals surface area (Å²) >= 11 is 12.2. The fourth-order valence-corrected chi connectivity index (χ4v) is 3.13. The Morgan fingerprint density at radius 2 is 2.12 bits per heavy atom. The second kappa shape index (κ2) is 5.82. The van der Waals surface area contributed by atoms with Crippen LogP contribution in [0.2, 0.25) is 5.02 Å². The first-order chi connectivity index (χ1) is 7.33. The zero-order valence-electron chi connectivity index (χ0n) is 8.38. The number of nitrogens with one attached hydrogen (secondary N) is 1. The van der Waals surface area contributed by atoms with Crippen molar-refractivity contribution in [2.45, 2.75) is 16.6 Å². The maximum atomic E-state index is 11.8. The summed E-state index contributed by atoms with van der Waals surface area (Å²) < 4.78 is 26.7. The van der Waals surface area contributed by atoms with E-state index in [0.29, 0.717) is 16.0 Å². The molecule has 0 aliphatic rings. The summed E-state index contributed by atoms with van der Waals surface area (Å²) in [5.41, 5.74) is 0. The molecule has 1 rings (SSSR count). The summed E-state index contributed by atoms with van der Waals surface area (Å²) in [6.07, 6.45) is 0. The lowest BCUT2D eigenvalue weighted by Gasteiger charge is -2.08. The topological polar surface area (TPSA) is 46.2 Å². The van der Waals surface area contributed by atoms with E-state index in [2.05, 4.69) is 36.6 Å². The summed E-state index contributed by atoms with van der Waals surface area (Å²) in [4.78, 5) is 0.273. The standard InChI is InChI=1S/C9H10Br2ClNO2S/c1-6(10)5-13-16(14,15)7-2-3-9(12)8(11)4-7/h2-4,6,13H,5H2,1H3. The van der Waals surface area contributed by atoms with Crippen LogP contribution < -0.4 is 4.72 Å². The number of sulfonamides is 1. The van der Waals surface area contributed by atoms with E-state index >= 15 is 0 Å². The molecule has 0 aliphatic heterocycles. The van der Waals surface area contributed by atoms with Crippen LogP contribution in [0.5, 0.6) is 0 Å². The maximum Gasteiger partial charge on any atom is 0.240 e. The molecule has 0 spiro atoms. The van der Waals surface area contributed by atoms with Crippen molar-refractivity contribution in [1.29, 1.82) is 0 Å². The lowest BCUT2D eigenvalue weighted by Crippen LogP contribution is -2.28. The molecule has 0 saturated heterocycles. The average molecular weight is 392 g/mol. The molecule has 1 aromatic rings. The summed E-state index contributed by atoms with van der Waals surface area (Å²) in [5, 5.41) is 0.479. The maximum absolute atomic E-state index is 11.8. The Bertz CT molecular complexity index is 476. The van der Waals surface area contributed by atoms with E-state index < -0.39 is 10.0 Å². The molecule has 1 atom stereocenters. The van der Waals surface area contributed by atoms with Crippen molar-refractivity contribution < 1.29 is 8.42 Å². The number of rotatable bonds is 4. The van der Waals surface area contributed by atoms with Crippen molar-refractivity contribution in [3.8, 4) is 0 Å². The van der Waals surface area contributed by atoms with E-state index in [-0.39, 0.29) is 9.72 Å². The van der Waals surface area contributed by atoms with E-state index in [1.54, 1.807) is 0 Å². The molecule has 16 heavy (non-hydrogen) atoms. The summed E-state index contributed by atoms with van der Waals surface area (Å²) in [6, 6.07) is 4.48. The normalized spacial score (nSPS) is 13.8. The fraction of sp³-hybridized carbons (Fsp3) is 0.333. The number of hydrogen-bond acceptors (Lipinski definition) is 2. The molecule has 7 heteroatoms. The number of benzene rings is 1. The first-order valence-corrected chi connectivity index (χ1v) is 7.98. The Morgan fingerprint density at radius 3 is 2.62 bits per heavy atom. The first kappa shape index (κ1) is 14.4. The van der Waals surface area contributed by atoms with Gasteiger partial charge in [-0.3, -0.25) is 0 Å². The molecule has 0 aliphatic carbocycles. The Hall–Kier alpha value is 0.380. The van der Waals surface area contributed by atoms with Gasteiger partial charge >= 0.3 is 0 Å². The first-order valence-electron chi connectivity index (χ1n) is 4.41. The number of alkyl halides is 1. The molecule has 90 valence electrons. The third kappa shape index (κ3) is 4.00. The van der Waals surface area contributed by atoms with Crippen molar-refractivity contribution in [3.05, 3.63) is 27.7 Å². The van der Waals surface area contributed by atoms with Gasteiger partial charge in [-0.1, -0.05) is 34.5 Å². The highest BCUT2D eigenvalue weighted by Gasteiger charge is 2.15. The zero-order valence-corrected chi connectivity index (χ0v) is 13.1. The second-order valence-corrected chi connectivity index (χ2v) is 7.80. The van der Waals surface area contributed by atoms with Crippen LogP contribution in [0.3, 0.4) is 0 Å². The van der Waals surface area contributed by atoms with Crippen LogP contribution in [0.1, 0.15) is 6.92 Å². The Morgan fingerprint density at radius 1 is 1.50 bits per heavy atom. The third-order valence-corrected chi connectivity index (χ3v) is 4.71. The predicted molar refractivity (Wildman–Crippen MR) is 72.7 cm³/mol. The molecule has 0 bridgehead atoms. The molecule has 0 fully saturated rings. The molecule has 3 nitrogen and oxygen atoms in total. The van der Waals surface area contributed by atoms with Gasteiger partial charge in [-0.05, 0) is 34.1 Å². The van der Waals surface area contributed by atoms with Gasteiger partial charge in [0.05, 0.1) is 9.92 Å². The molecule has 0 heterocycles. The van der Waals surface area contributed by atoms with Crippen molar-refractivity contribution in [2.75, 3.05) is 6.54 Å². The minimum absolute atomic E-state index is 0.0815. The molecule has 0 aromatic heterocycles. The minimum Gasteiger partial charge on any atom is -0.210 e. The van der Waals surface area contributed by atoms with Crippen LogP contribution in [-0.2, 0) is 10.0 Å². The highest BCUT2D eigenvalue weighted by molar-refractivity contribution is 9.10. The van der Waals surface area contributed by atoms with Crippen molar-refractivity contribution in [3.63, 3.8) is 0 Å². The van der Waals surface area contributed by atoms with Crippen LogP contribution in [-0.4, -0.2) is 19.8 Å². The van der Waals surface area contributed by atoms with Gasteiger partial charge in [0.1, 0.15) is 0 Å². The molecule has 1 unspecified atom stereocenters. The fourth-order valence-electron chi connectivity index (χ4n) is 0.952. The molecule has 1 N–H and O–H groups in total. The number of hydrogen-bond donors (Lipinski definition) is 1. The van der Waals surface area contributed by atoms with Gasteiger partial charge in [-0.25, -0.2) is 13.1 Å². The molecular formula is C9H10Br2ClNO2S. The van der Waals surface area contributed by atoms with Gasteiger partial charge in [-0.2, -0.15) is 0 Å².